The van der Waals surface area contributed by atoms with Crippen LogP contribution >= 0.6 is 11.3 Å². The number of aryl methyl sites for hydroxylation is 3. The first-order valence-corrected chi connectivity index (χ1v) is 9.22. The van der Waals surface area contributed by atoms with Crippen molar-refractivity contribution in [3.63, 3.8) is 0 Å². The molecule has 1 aromatic carbocycles. The summed E-state index contributed by atoms with van der Waals surface area (Å²) < 4.78 is 12.1. The van der Waals surface area contributed by atoms with Gasteiger partial charge in [0.15, 0.2) is 5.01 Å². The van der Waals surface area contributed by atoms with Gasteiger partial charge in [0.1, 0.15) is 12.2 Å². The summed E-state index contributed by atoms with van der Waals surface area (Å²) in [5.41, 5.74) is 4.21. The van der Waals surface area contributed by atoms with Crippen LogP contribution in [0.5, 0.6) is 0 Å². The molecule has 0 aliphatic heterocycles. The van der Waals surface area contributed by atoms with Gasteiger partial charge in [0, 0.05) is 22.7 Å². The number of carbonyl (C=O) groups excluding carboxylic acids is 1. The van der Waals surface area contributed by atoms with E-state index in [0.717, 1.165) is 27.7 Å². The average Bonchev–Trinajstić information content (AvgIpc) is 3.18. The molecule has 4 rings (SSSR count). The maximum atomic E-state index is 12.2. The van der Waals surface area contributed by atoms with Crippen molar-refractivity contribution >= 4 is 33.2 Å². The number of aromatic nitrogens is 3. The van der Waals surface area contributed by atoms with E-state index in [9.17, 15) is 9.59 Å². The van der Waals surface area contributed by atoms with Crippen molar-refractivity contribution in [1.82, 2.24) is 14.6 Å². The van der Waals surface area contributed by atoms with E-state index >= 15 is 0 Å². The van der Waals surface area contributed by atoms with Crippen LogP contribution in [0.4, 0.5) is 0 Å². The fourth-order valence-corrected chi connectivity index (χ4v) is 3.70. The molecular formula is C19H17N3O4S. The Bertz CT molecular complexity index is 1240. The number of carbonyl (C=O) groups is 1. The number of fused-ring (bicyclic) bond motifs is 2. The molecule has 0 spiro atoms. The van der Waals surface area contributed by atoms with Crippen LogP contribution in [0.15, 0.2) is 33.7 Å². The minimum Gasteiger partial charge on any atom is -0.464 e. The van der Waals surface area contributed by atoms with Crippen molar-refractivity contribution < 1.29 is 13.9 Å². The molecule has 3 aromatic heterocycles. The lowest BCUT2D eigenvalue weighted by atomic mass is 10.0. The number of rotatable bonds is 4. The first-order valence-electron chi connectivity index (χ1n) is 8.40. The second kappa shape index (κ2) is 6.62. The molecule has 7 nitrogen and oxygen atoms in total. The van der Waals surface area contributed by atoms with Crippen LogP contribution in [0.25, 0.3) is 15.9 Å². The molecule has 0 fully saturated rings. The van der Waals surface area contributed by atoms with Crippen molar-refractivity contribution in [2.24, 2.45) is 0 Å². The standard InChI is InChI=1S/C19H17N3O4S/c1-10-4-14-13(8-25-15(14)5-11(10)2)7-18(24)26-9-16-21-22-17(23)6-12(3)20-19(22)27-16/h4-6,8H,7,9H2,1-3H3. The van der Waals surface area contributed by atoms with Crippen LogP contribution < -0.4 is 5.56 Å². The van der Waals surface area contributed by atoms with Gasteiger partial charge in [-0.2, -0.15) is 9.61 Å². The van der Waals surface area contributed by atoms with Crippen molar-refractivity contribution in [2.45, 2.75) is 33.8 Å². The van der Waals surface area contributed by atoms with Crippen LogP contribution in [0.1, 0.15) is 27.4 Å². The number of benzene rings is 1. The molecule has 0 aliphatic rings. The minimum absolute atomic E-state index is 0.000727. The van der Waals surface area contributed by atoms with Crippen LogP contribution in [0.3, 0.4) is 0 Å². The first-order chi connectivity index (χ1) is 12.9. The number of ether oxygens (including phenoxy) is 1. The SMILES string of the molecule is Cc1cc(=O)n2nc(COC(=O)Cc3coc4cc(C)c(C)cc34)sc2n1. The van der Waals surface area contributed by atoms with Crippen LogP contribution in [0, 0.1) is 20.8 Å². The highest BCUT2D eigenvalue weighted by atomic mass is 32.1. The van der Waals surface area contributed by atoms with Gasteiger partial charge in [-0.15, -0.1) is 0 Å². The van der Waals surface area contributed by atoms with Crippen LogP contribution in [0.2, 0.25) is 0 Å². The van der Waals surface area contributed by atoms with Crippen molar-refractivity contribution in [3.8, 4) is 0 Å². The third-order valence-corrected chi connectivity index (χ3v) is 5.26. The average molecular weight is 383 g/mol. The molecule has 0 saturated carbocycles. The fourth-order valence-electron chi connectivity index (χ4n) is 2.84. The molecule has 0 aliphatic carbocycles. The summed E-state index contributed by atoms with van der Waals surface area (Å²) in [7, 11) is 0. The Kier molecular flexibility index (Phi) is 4.27. The van der Waals surface area contributed by atoms with Gasteiger partial charge in [-0.1, -0.05) is 11.3 Å². The molecule has 0 atom stereocenters. The highest BCUT2D eigenvalue weighted by molar-refractivity contribution is 7.16. The summed E-state index contributed by atoms with van der Waals surface area (Å²) in [5, 5.41) is 5.59. The molecular weight excluding hydrogens is 366 g/mol. The summed E-state index contributed by atoms with van der Waals surface area (Å²) in [5.74, 6) is -0.383. The Labute approximate surface area is 158 Å². The summed E-state index contributed by atoms with van der Waals surface area (Å²) in [4.78, 5) is 28.9. The quantitative estimate of drug-likeness (QED) is 0.503. The third kappa shape index (κ3) is 3.35. The number of nitrogens with zero attached hydrogens (tertiary/aromatic N) is 3. The lowest BCUT2D eigenvalue weighted by molar-refractivity contribution is -0.144. The Morgan fingerprint density at radius 3 is 2.81 bits per heavy atom. The molecule has 0 amide bonds. The van der Waals surface area contributed by atoms with Crippen LogP contribution in [-0.4, -0.2) is 20.6 Å². The topological polar surface area (TPSA) is 86.7 Å². The maximum absolute atomic E-state index is 12.2. The zero-order valence-electron chi connectivity index (χ0n) is 15.1. The minimum atomic E-state index is -0.383. The second-order valence-electron chi connectivity index (χ2n) is 6.46. The number of esters is 1. The normalized spacial score (nSPS) is 11.4. The van der Waals surface area contributed by atoms with Gasteiger partial charge >= 0.3 is 5.97 Å². The molecule has 0 radical (unpaired) electrons. The molecule has 27 heavy (non-hydrogen) atoms. The van der Waals surface area contributed by atoms with Crippen molar-refractivity contribution in [2.75, 3.05) is 0 Å². The van der Waals surface area contributed by atoms with Gasteiger partial charge in [-0.05, 0) is 44.0 Å². The van der Waals surface area contributed by atoms with Crippen molar-refractivity contribution in [1.29, 1.82) is 0 Å². The molecule has 0 unspecified atom stereocenters. The molecule has 8 heteroatoms. The van der Waals surface area contributed by atoms with E-state index < -0.39 is 0 Å². The van der Waals surface area contributed by atoms with Gasteiger partial charge in [0.25, 0.3) is 5.56 Å². The zero-order valence-corrected chi connectivity index (χ0v) is 15.9. The van der Waals surface area contributed by atoms with E-state index in [1.165, 1.54) is 21.9 Å². The predicted molar refractivity (Wildman–Crippen MR) is 101 cm³/mol. The largest absolute Gasteiger partial charge is 0.464 e. The van der Waals surface area contributed by atoms with Gasteiger partial charge in [-0.3, -0.25) is 9.59 Å². The summed E-state index contributed by atoms with van der Waals surface area (Å²) in [6.07, 6.45) is 1.70. The maximum Gasteiger partial charge on any atom is 0.310 e. The first kappa shape index (κ1) is 17.4. The lowest BCUT2D eigenvalue weighted by Gasteiger charge is -2.02. The van der Waals surface area contributed by atoms with E-state index in [2.05, 4.69) is 10.1 Å². The monoisotopic (exact) mass is 383 g/mol. The Hall–Kier alpha value is -3.00. The summed E-state index contributed by atoms with van der Waals surface area (Å²) >= 11 is 1.23. The zero-order chi connectivity index (χ0) is 19.1. The molecule has 0 N–H and O–H groups in total. The number of hydrogen-bond donors (Lipinski definition) is 0. The van der Waals surface area contributed by atoms with E-state index in [4.69, 9.17) is 9.15 Å². The highest BCUT2D eigenvalue weighted by Gasteiger charge is 2.14. The fraction of sp³-hybridized carbons (Fsp3) is 0.263. The second-order valence-corrected chi connectivity index (χ2v) is 7.50. The highest BCUT2D eigenvalue weighted by Crippen LogP contribution is 2.25. The Balaban J connectivity index is 1.48. The third-order valence-electron chi connectivity index (χ3n) is 4.38. The molecule has 3 heterocycles. The molecule has 0 bridgehead atoms. The summed E-state index contributed by atoms with van der Waals surface area (Å²) in [6.45, 7) is 5.79. The van der Waals surface area contributed by atoms with Gasteiger partial charge in [0.2, 0.25) is 4.96 Å². The lowest BCUT2D eigenvalue weighted by Crippen LogP contribution is -2.14. The number of hydrogen-bond acceptors (Lipinski definition) is 7. The van der Waals surface area contributed by atoms with Gasteiger partial charge < -0.3 is 9.15 Å². The van der Waals surface area contributed by atoms with Gasteiger partial charge in [0.05, 0.1) is 12.7 Å². The predicted octanol–water partition coefficient (Wildman–Crippen LogP) is 3.11. The van der Waals surface area contributed by atoms with E-state index in [1.807, 2.05) is 26.0 Å². The molecule has 0 saturated heterocycles. The van der Waals surface area contributed by atoms with Gasteiger partial charge in [-0.25, -0.2) is 4.98 Å². The van der Waals surface area contributed by atoms with E-state index in [-0.39, 0.29) is 24.6 Å². The smallest absolute Gasteiger partial charge is 0.310 e. The molecule has 138 valence electrons. The van der Waals surface area contributed by atoms with Crippen LogP contribution in [-0.2, 0) is 22.6 Å². The van der Waals surface area contributed by atoms with E-state index in [1.54, 1.807) is 13.2 Å². The molecule has 4 aromatic rings. The Morgan fingerprint density at radius 1 is 1.22 bits per heavy atom. The summed E-state index contributed by atoms with van der Waals surface area (Å²) in [6, 6.07) is 5.40. The number of furan rings is 1. The Morgan fingerprint density at radius 2 is 2.00 bits per heavy atom. The van der Waals surface area contributed by atoms with E-state index in [0.29, 0.717) is 15.7 Å². The van der Waals surface area contributed by atoms with Crippen molar-refractivity contribution in [3.05, 3.63) is 62.2 Å².